The average Bonchev–Trinajstić information content (AvgIpc) is 2.52. The highest BCUT2D eigenvalue weighted by molar-refractivity contribution is 9.11. The Kier molecular flexibility index (Phi) is 4.29. The van der Waals surface area contributed by atoms with Crippen molar-refractivity contribution < 1.29 is 14.6 Å². The number of nitrogens with zero attached hydrogens (tertiary/aromatic N) is 2. The molecule has 0 unspecified atom stereocenters. The Morgan fingerprint density at radius 2 is 2.18 bits per heavy atom. The van der Waals surface area contributed by atoms with Gasteiger partial charge in [0.05, 0.1) is 21.2 Å². The number of aldehydes is 1. The first-order chi connectivity index (χ1) is 10.5. The number of halogens is 3. The van der Waals surface area contributed by atoms with Crippen LogP contribution in [0.2, 0.25) is 5.15 Å². The first-order valence-corrected chi connectivity index (χ1v) is 8.22. The molecule has 2 aromatic rings. The Bertz CT molecular complexity index is 770. The zero-order chi connectivity index (χ0) is 15.9. The van der Waals surface area contributed by atoms with Gasteiger partial charge in [-0.3, -0.25) is 4.79 Å². The van der Waals surface area contributed by atoms with Crippen LogP contribution in [-0.4, -0.2) is 29.5 Å². The van der Waals surface area contributed by atoms with Crippen LogP contribution in [0.15, 0.2) is 27.3 Å². The Morgan fingerprint density at radius 1 is 1.41 bits per heavy atom. The molecule has 1 aromatic carbocycles. The van der Waals surface area contributed by atoms with E-state index in [1.165, 1.54) is 0 Å². The van der Waals surface area contributed by atoms with Gasteiger partial charge in [-0.2, -0.15) is 0 Å². The maximum atomic E-state index is 11.5. The van der Waals surface area contributed by atoms with Crippen molar-refractivity contribution in [1.29, 1.82) is 0 Å². The normalized spacial score (nSPS) is 13.5. The van der Waals surface area contributed by atoms with Crippen LogP contribution < -0.4 is 9.64 Å². The van der Waals surface area contributed by atoms with E-state index in [1.54, 1.807) is 18.3 Å². The zero-order valence-electron chi connectivity index (χ0n) is 11.0. The fourth-order valence-electron chi connectivity index (χ4n) is 2.34. The fourth-order valence-corrected chi connectivity index (χ4v) is 3.96. The molecule has 1 aliphatic heterocycles. The Labute approximate surface area is 148 Å². The molecule has 5 nitrogen and oxygen atoms in total. The second-order valence-electron chi connectivity index (χ2n) is 4.53. The molecule has 0 atom stereocenters. The van der Waals surface area contributed by atoms with Crippen LogP contribution in [0.25, 0.3) is 0 Å². The Morgan fingerprint density at radius 3 is 2.91 bits per heavy atom. The van der Waals surface area contributed by atoms with Crippen LogP contribution in [0.3, 0.4) is 0 Å². The third kappa shape index (κ3) is 2.47. The third-order valence-corrected chi connectivity index (χ3v) is 4.91. The number of phenols is 1. The molecule has 3 rings (SSSR count). The number of ether oxygens (including phenoxy) is 1. The van der Waals surface area contributed by atoms with Gasteiger partial charge < -0.3 is 14.7 Å². The summed E-state index contributed by atoms with van der Waals surface area (Å²) in [5.74, 6) is 0.589. The highest BCUT2D eigenvalue weighted by Gasteiger charge is 2.28. The summed E-state index contributed by atoms with van der Waals surface area (Å²) >= 11 is 12.8. The van der Waals surface area contributed by atoms with Gasteiger partial charge in [0.2, 0.25) is 0 Å². The molecule has 0 saturated heterocycles. The van der Waals surface area contributed by atoms with Crippen molar-refractivity contribution in [1.82, 2.24) is 4.98 Å². The zero-order valence-corrected chi connectivity index (χ0v) is 14.9. The van der Waals surface area contributed by atoms with E-state index in [1.807, 2.05) is 4.90 Å². The van der Waals surface area contributed by atoms with Crippen LogP contribution in [0, 0.1) is 0 Å². The molecule has 0 radical (unpaired) electrons. The van der Waals surface area contributed by atoms with E-state index in [0.29, 0.717) is 44.8 Å². The lowest BCUT2D eigenvalue weighted by Gasteiger charge is -2.33. The number of phenolic OH excluding ortho intramolecular Hbond substituents is 1. The average molecular weight is 448 g/mol. The minimum absolute atomic E-state index is 0.00801. The van der Waals surface area contributed by atoms with Gasteiger partial charge in [-0.25, -0.2) is 4.98 Å². The number of benzene rings is 1. The standard InChI is InChI=1S/C14H9Br2ClN2O3/c15-8-5-7(6-20)11(10(16)13(8)21)19-3-4-22-9-1-2-18-14(17)12(9)19/h1-2,5-6,21H,3-4H2. The smallest absolute Gasteiger partial charge is 0.156 e. The summed E-state index contributed by atoms with van der Waals surface area (Å²) in [6.45, 7) is 0.897. The molecule has 0 spiro atoms. The summed E-state index contributed by atoms with van der Waals surface area (Å²) in [6.07, 6.45) is 2.28. The van der Waals surface area contributed by atoms with Crippen molar-refractivity contribution in [2.24, 2.45) is 0 Å². The van der Waals surface area contributed by atoms with Crippen LogP contribution in [0.4, 0.5) is 11.4 Å². The maximum Gasteiger partial charge on any atom is 0.156 e. The van der Waals surface area contributed by atoms with Gasteiger partial charge in [0.1, 0.15) is 23.8 Å². The molecule has 114 valence electrons. The van der Waals surface area contributed by atoms with E-state index < -0.39 is 0 Å². The molecule has 0 amide bonds. The minimum atomic E-state index is 0.00801. The highest BCUT2D eigenvalue weighted by Crippen LogP contribution is 2.48. The lowest BCUT2D eigenvalue weighted by molar-refractivity contribution is 0.112. The van der Waals surface area contributed by atoms with Gasteiger partial charge in [-0.05, 0) is 37.9 Å². The molecule has 1 aliphatic rings. The molecule has 0 aliphatic carbocycles. The van der Waals surface area contributed by atoms with Crippen molar-refractivity contribution in [2.75, 3.05) is 18.1 Å². The van der Waals surface area contributed by atoms with Gasteiger partial charge in [0.15, 0.2) is 11.4 Å². The van der Waals surface area contributed by atoms with E-state index in [-0.39, 0.29) is 10.9 Å². The van der Waals surface area contributed by atoms with Gasteiger partial charge in [0.25, 0.3) is 0 Å². The number of hydrogen-bond donors (Lipinski definition) is 1. The van der Waals surface area contributed by atoms with Crippen molar-refractivity contribution in [3.63, 3.8) is 0 Å². The van der Waals surface area contributed by atoms with Crippen molar-refractivity contribution in [3.8, 4) is 11.5 Å². The topological polar surface area (TPSA) is 62.7 Å². The molecule has 2 heterocycles. The number of aromatic hydroxyl groups is 1. The number of fused-ring (bicyclic) bond motifs is 1. The summed E-state index contributed by atoms with van der Waals surface area (Å²) in [7, 11) is 0. The lowest BCUT2D eigenvalue weighted by Crippen LogP contribution is -2.30. The quantitative estimate of drug-likeness (QED) is 0.548. The van der Waals surface area contributed by atoms with Gasteiger partial charge >= 0.3 is 0 Å². The summed E-state index contributed by atoms with van der Waals surface area (Å²) in [4.78, 5) is 17.3. The molecule has 0 bridgehead atoms. The molecule has 1 aromatic heterocycles. The van der Waals surface area contributed by atoms with E-state index in [9.17, 15) is 9.90 Å². The fraction of sp³-hybridized carbons (Fsp3) is 0.143. The largest absolute Gasteiger partial charge is 0.505 e. The third-order valence-electron chi connectivity index (χ3n) is 3.28. The predicted molar refractivity (Wildman–Crippen MR) is 90.6 cm³/mol. The maximum absolute atomic E-state index is 11.5. The summed E-state index contributed by atoms with van der Waals surface area (Å²) < 4.78 is 6.41. The van der Waals surface area contributed by atoms with E-state index in [0.717, 1.165) is 6.29 Å². The number of pyridine rings is 1. The van der Waals surface area contributed by atoms with Gasteiger partial charge in [0, 0.05) is 17.8 Å². The molecule has 1 N–H and O–H groups in total. The first-order valence-electron chi connectivity index (χ1n) is 6.25. The molecule has 0 saturated carbocycles. The van der Waals surface area contributed by atoms with Crippen LogP contribution >= 0.6 is 43.5 Å². The first kappa shape index (κ1) is 15.6. The van der Waals surface area contributed by atoms with E-state index in [4.69, 9.17) is 16.3 Å². The van der Waals surface area contributed by atoms with Crippen molar-refractivity contribution in [2.45, 2.75) is 0 Å². The number of anilines is 2. The number of carbonyl (C=O) groups excluding carboxylic acids is 1. The Hall–Kier alpha value is -1.31. The summed E-state index contributed by atoms with van der Waals surface area (Å²) in [6, 6.07) is 3.27. The van der Waals surface area contributed by atoms with Crippen molar-refractivity contribution in [3.05, 3.63) is 38.0 Å². The molecule has 0 fully saturated rings. The van der Waals surface area contributed by atoms with E-state index in [2.05, 4.69) is 36.8 Å². The second-order valence-corrected chi connectivity index (χ2v) is 6.53. The Balaban J connectivity index is 2.27. The predicted octanol–water partition coefficient (Wildman–Crippen LogP) is 4.31. The molecular formula is C14H9Br2ClN2O3. The summed E-state index contributed by atoms with van der Waals surface area (Å²) in [5.41, 5.74) is 1.50. The SMILES string of the molecule is O=Cc1cc(Br)c(O)c(Br)c1N1CCOc2ccnc(Cl)c21. The molecule has 22 heavy (non-hydrogen) atoms. The minimum Gasteiger partial charge on any atom is -0.505 e. The number of rotatable bonds is 2. The van der Waals surface area contributed by atoms with Crippen LogP contribution in [0.1, 0.15) is 10.4 Å². The number of carbonyl (C=O) groups is 1. The lowest BCUT2D eigenvalue weighted by atomic mass is 10.1. The van der Waals surface area contributed by atoms with Crippen LogP contribution in [0.5, 0.6) is 11.5 Å². The van der Waals surface area contributed by atoms with Gasteiger partial charge in [-0.1, -0.05) is 11.6 Å². The van der Waals surface area contributed by atoms with E-state index >= 15 is 0 Å². The highest BCUT2D eigenvalue weighted by atomic mass is 79.9. The summed E-state index contributed by atoms with van der Waals surface area (Å²) in [5, 5.41) is 10.4. The van der Waals surface area contributed by atoms with Gasteiger partial charge in [-0.15, -0.1) is 0 Å². The second kappa shape index (κ2) is 6.06. The van der Waals surface area contributed by atoms with Crippen LogP contribution in [-0.2, 0) is 0 Å². The molecular weight excluding hydrogens is 439 g/mol. The number of aromatic nitrogens is 1. The number of hydrogen-bond acceptors (Lipinski definition) is 5. The monoisotopic (exact) mass is 446 g/mol. The molecule has 8 heteroatoms. The van der Waals surface area contributed by atoms with Crippen molar-refractivity contribution >= 4 is 61.1 Å².